The summed E-state index contributed by atoms with van der Waals surface area (Å²) in [5.41, 5.74) is 2.94. The molecule has 4 aromatic rings. The zero-order valence-corrected chi connectivity index (χ0v) is 31.9. The molecule has 2 fully saturated rings. The number of carbonyl (C=O) groups is 3. The second-order valence-corrected chi connectivity index (χ2v) is 15.4. The predicted molar refractivity (Wildman–Crippen MR) is 213 cm³/mol. The number of amides is 3. The van der Waals surface area contributed by atoms with Gasteiger partial charge in [0, 0.05) is 61.7 Å². The lowest BCUT2D eigenvalue weighted by atomic mass is 9.94. The number of rotatable bonds is 16. The van der Waals surface area contributed by atoms with E-state index in [0.717, 1.165) is 80.7 Å². The van der Waals surface area contributed by atoms with Crippen LogP contribution >= 0.6 is 11.3 Å². The van der Waals surface area contributed by atoms with Crippen LogP contribution in [0.4, 0.5) is 5.69 Å². The number of benzene rings is 3. The average Bonchev–Trinajstić information content (AvgIpc) is 3.73. The van der Waals surface area contributed by atoms with Crippen molar-refractivity contribution in [1.29, 1.82) is 0 Å². The van der Waals surface area contributed by atoms with E-state index in [9.17, 15) is 14.4 Å². The molecule has 2 heterocycles. The van der Waals surface area contributed by atoms with Gasteiger partial charge in [0.1, 0.15) is 11.8 Å². The van der Waals surface area contributed by atoms with E-state index in [4.69, 9.17) is 4.74 Å². The van der Waals surface area contributed by atoms with Crippen LogP contribution in [0.25, 0.3) is 0 Å². The van der Waals surface area contributed by atoms with Gasteiger partial charge in [-0.05, 0) is 85.4 Å². The van der Waals surface area contributed by atoms with Crippen molar-refractivity contribution in [3.63, 3.8) is 0 Å². The van der Waals surface area contributed by atoms with Crippen LogP contribution in [0.5, 0.6) is 5.75 Å². The highest BCUT2D eigenvalue weighted by Crippen LogP contribution is 2.29. The second-order valence-electron chi connectivity index (χ2n) is 14.3. The normalized spacial score (nSPS) is 16.1. The lowest BCUT2D eigenvalue weighted by molar-refractivity contribution is -0.142. The molecule has 0 spiro atoms. The van der Waals surface area contributed by atoms with Gasteiger partial charge in [0.15, 0.2) is 0 Å². The molecule has 1 unspecified atom stereocenters. The monoisotopic (exact) mass is 734 g/mol. The topological polar surface area (TPSA) is 82.2 Å². The summed E-state index contributed by atoms with van der Waals surface area (Å²) in [6, 6.07) is 31.3. The summed E-state index contributed by atoms with van der Waals surface area (Å²) in [7, 11) is 1.62. The Morgan fingerprint density at radius 1 is 0.792 bits per heavy atom. The van der Waals surface area contributed by atoms with Crippen LogP contribution in [0.2, 0.25) is 0 Å². The number of carbonyl (C=O) groups excluding carboxylic acids is 3. The number of anilines is 1. The highest BCUT2D eigenvalue weighted by Gasteiger charge is 2.34. The third-order valence-corrected chi connectivity index (χ3v) is 11.7. The molecule has 1 saturated carbocycles. The molecule has 280 valence electrons. The molecule has 1 aromatic heterocycles. The number of thiophene rings is 1. The van der Waals surface area contributed by atoms with Gasteiger partial charge in [-0.2, -0.15) is 0 Å². The fraction of sp³-hybridized carbons (Fsp3) is 0.432. The van der Waals surface area contributed by atoms with Crippen LogP contribution in [-0.2, 0) is 27.2 Å². The van der Waals surface area contributed by atoms with E-state index < -0.39 is 6.04 Å². The number of methoxy groups -OCH3 is 1. The van der Waals surface area contributed by atoms with E-state index in [0.29, 0.717) is 18.7 Å². The van der Waals surface area contributed by atoms with E-state index >= 15 is 0 Å². The Morgan fingerprint density at radius 3 is 2.13 bits per heavy atom. The molecule has 6 rings (SSSR count). The number of likely N-dealkylation sites (tertiary alicyclic amines) is 1. The fourth-order valence-corrected chi connectivity index (χ4v) is 8.53. The molecule has 3 aromatic carbocycles. The maximum atomic E-state index is 14.5. The van der Waals surface area contributed by atoms with Crippen molar-refractivity contribution in [2.75, 3.05) is 38.2 Å². The van der Waals surface area contributed by atoms with Crippen LogP contribution in [-0.4, -0.2) is 72.9 Å². The van der Waals surface area contributed by atoms with Gasteiger partial charge in [0.2, 0.25) is 17.7 Å². The predicted octanol–water partition coefficient (Wildman–Crippen LogP) is 7.84. The van der Waals surface area contributed by atoms with Gasteiger partial charge in [-0.15, -0.1) is 11.3 Å². The molecule has 53 heavy (non-hydrogen) atoms. The molecule has 9 heteroatoms. The highest BCUT2D eigenvalue weighted by molar-refractivity contribution is 7.09. The van der Waals surface area contributed by atoms with Gasteiger partial charge in [-0.25, -0.2) is 0 Å². The minimum atomic E-state index is -0.823. The van der Waals surface area contributed by atoms with E-state index in [-0.39, 0.29) is 42.6 Å². The quantitative estimate of drug-likeness (QED) is 0.127. The summed E-state index contributed by atoms with van der Waals surface area (Å²) in [5, 5.41) is 5.33. The minimum absolute atomic E-state index is 0.0197. The summed E-state index contributed by atoms with van der Waals surface area (Å²) < 4.78 is 5.42. The molecule has 1 N–H and O–H groups in total. The van der Waals surface area contributed by atoms with Crippen molar-refractivity contribution in [3.05, 3.63) is 118 Å². The first-order chi connectivity index (χ1) is 26.0. The number of nitrogens with zero attached hydrogens (tertiary/aromatic N) is 3. The Labute approximate surface area is 319 Å². The summed E-state index contributed by atoms with van der Waals surface area (Å²) >= 11 is 1.64. The Bertz CT molecular complexity index is 1700. The van der Waals surface area contributed by atoms with Gasteiger partial charge in [0.05, 0.1) is 7.11 Å². The molecular formula is C44H54N4O4S. The van der Waals surface area contributed by atoms with Gasteiger partial charge < -0.3 is 24.8 Å². The van der Waals surface area contributed by atoms with Crippen molar-refractivity contribution in [1.82, 2.24) is 15.1 Å². The van der Waals surface area contributed by atoms with Crippen LogP contribution < -0.4 is 15.0 Å². The SMILES string of the molecule is COc1ccc(C(C(=O)NC2CCCCC2)N(CCc2cccs2)C(=O)CCC(=O)N(c2ccccc2)C2CCN(CCc3ccccc3)CC2)cc1. The Balaban J connectivity index is 1.18. The third kappa shape index (κ3) is 10.8. The van der Waals surface area contributed by atoms with E-state index in [1.165, 1.54) is 12.0 Å². The van der Waals surface area contributed by atoms with Crippen molar-refractivity contribution < 1.29 is 19.1 Å². The van der Waals surface area contributed by atoms with Gasteiger partial charge in [-0.3, -0.25) is 14.4 Å². The van der Waals surface area contributed by atoms with Gasteiger partial charge in [0.25, 0.3) is 0 Å². The largest absolute Gasteiger partial charge is 0.497 e. The van der Waals surface area contributed by atoms with Gasteiger partial charge in [-0.1, -0.05) is 86.0 Å². The second kappa shape index (κ2) is 19.6. The summed E-state index contributed by atoms with van der Waals surface area (Å²) in [4.78, 5) is 50.3. The molecule has 8 nitrogen and oxygen atoms in total. The molecule has 0 radical (unpaired) electrons. The third-order valence-electron chi connectivity index (χ3n) is 10.8. The Hall–Kier alpha value is -4.47. The van der Waals surface area contributed by atoms with Crippen molar-refractivity contribution in [2.45, 2.75) is 88.8 Å². The first-order valence-electron chi connectivity index (χ1n) is 19.4. The van der Waals surface area contributed by atoms with Crippen LogP contribution in [0.15, 0.2) is 102 Å². The molecule has 1 aliphatic carbocycles. The molecular weight excluding hydrogens is 681 g/mol. The van der Waals surface area contributed by atoms with Crippen LogP contribution in [0.1, 0.15) is 79.8 Å². The number of nitrogens with one attached hydrogen (secondary N) is 1. The highest BCUT2D eigenvalue weighted by atomic mass is 32.1. The first-order valence-corrected chi connectivity index (χ1v) is 20.3. The van der Waals surface area contributed by atoms with E-state index in [1.807, 2.05) is 70.9 Å². The summed E-state index contributed by atoms with van der Waals surface area (Å²) in [6.45, 7) is 3.20. The number of para-hydroxylation sites is 1. The van der Waals surface area contributed by atoms with Crippen molar-refractivity contribution in [2.24, 2.45) is 0 Å². The van der Waals surface area contributed by atoms with E-state index in [2.05, 4.69) is 46.6 Å². The van der Waals surface area contributed by atoms with Crippen molar-refractivity contribution >= 4 is 34.7 Å². The smallest absolute Gasteiger partial charge is 0.247 e. The Morgan fingerprint density at radius 2 is 1.47 bits per heavy atom. The lowest BCUT2D eigenvalue weighted by Gasteiger charge is -2.39. The number of piperidine rings is 1. The van der Waals surface area contributed by atoms with Crippen molar-refractivity contribution in [3.8, 4) is 5.75 Å². The zero-order valence-electron chi connectivity index (χ0n) is 31.0. The minimum Gasteiger partial charge on any atom is -0.497 e. The zero-order chi connectivity index (χ0) is 36.8. The molecule has 1 atom stereocenters. The number of ether oxygens (including phenoxy) is 1. The maximum Gasteiger partial charge on any atom is 0.247 e. The van der Waals surface area contributed by atoms with E-state index in [1.54, 1.807) is 23.3 Å². The van der Waals surface area contributed by atoms with Crippen LogP contribution in [0, 0.1) is 0 Å². The van der Waals surface area contributed by atoms with Crippen LogP contribution in [0.3, 0.4) is 0 Å². The maximum absolute atomic E-state index is 14.5. The summed E-state index contributed by atoms with van der Waals surface area (Å²) in [6.07, 6.45) is 8.71. The average molecular weight is 735 g/mol. The molecule has 3 amide bonds. The Kier molecular flexibility index (Phi) is 14.1. The molecule has 0 bridgehead atoms. The lowest BCUT2D eigenvalue weighted by Crippen LogP contribution is -2.49. The van der Waals surface area contributed by atoms with Gasteiger partial charge >= 0.3 is 0 Å². The first kappa shape index (κ1) is 38.3. The molecule has 1 saturated heterocycles. The number of hydrogen-bond donors (Lipinski definition) is 1. The molecule has 1 aliphatic heterocycles. The fourth-order valence-electron chi connectivity index (χ4n) is 7.83. The summed E-state index contributed by atoms with van der Waals surface area (Å²) in [5.74, 6) is 0.263. The number of hydrogen-bond acceptors (Lipinski definition) is 6. The standard InChI is InChI=1S/C44H54N4O4S/c1-52-39-21-19-35(20-22-39)43(44(51)45-36-14-7-3-8-15-36)47(32-28-40-18-11-33-53-40)41(49)23-24-42(50)48(37-16-9-4-10-17-37)38-26-30-46(31-27-38)29-25-34-12-5-2-6-13-34/h2,4-6,9-13,16-22,33,36,38,43H,3,7-8,14-15,23-32H2,1H3,(H,45,51). The molecule has 2 aliphatic rings.